The summed E-state index contributed by atoms with van der Waals surface area (Å²) in [5.41, 5.74) is 2.27. The predicted octanol–water partition coefficient (Wildman–Crippen LogP) is 3.31. The van der Waals surface area contributed by atoms with E-state index in [4.69, 9.17) is 4.74 Å². The first-order valence-corrected chi connectivity index (χ1v) is 7.49. The van der Waals surface area contributed by atoms with Crippen LogP contribution in [0, 0.1) is 5.92 Å². The summed E-state index contributed by atoms with van der Waals surface area (Å²) < 4.78 is 5.96. The lowest BCUT2D eigenvalue weighted by Gasteiger charge is -2.27. The molecule has 3 nitrogen and oxygen atoms in total. The van der Waals surface area contributed by atoms with Crippen LogP contribution in [0.2, 0.25) is 0 Å². The fourth-order valence-electron chi connectivity index (χ4n) is 3.05. The van der Waals surface area contributed by atoms with E-state index in [1.165, 1.54) is 10.9 Å². The third-order valence-electron chi connectivity index (χ3n) is 4.17. The Morgan fingerprint density at radius 3 is 3.00 bits per heavy atom. The van der Waals surface area contributed by atoms with Gasteiger partial charge in [-0.2, -0.15) is 0 Å². The Balaban J connectivity index is 1.96. The SMILES string of the molecule is CCNC(c1cnc2ccccc2c1)C1OCCC1C. The monoisotopic (exact) mass is 270 g/mol. The third kappa shape index (κ3) is 2.56. The maximum Gasteiger partial charge on any atom is 0.0796 e. The number of ether oxygens (including phenoxy) is 1. The van der Waals surface area contributed by atoms with Crippen LogP contribution in [0.5, 0.6) is 0 Å². The third-order valence-corrected chi connectivity index (χ3v) is 4.17. The molecule has 3 rings (SSSR count). The molecule has 0 aliphatic carbocycles. The number of rotatable bonds is 4. The van der Waals surface area contributed by atoms with Crippen molar-refractivity contribution in [1.29, 1.82) is 0 Å². The van der Waals surface area contributed by atoms with Gasteiger partial charge < -0.3 is 10.1 Å². The molecule has 2 aromatic rings. The van der Waals surface area contributed by atoms with Crippen molar-refractivity contribution in [1.82, 2.24) is 10.3 Å². The second-order valence-electron chi connectivity index (χ2n) is 5.60. The summed E-state index contributed by atoms with van der Waals surface area (Å²) in [6, 6.07) is 10.7. The van der Waals surface area contributed by atoms with Crippen molar-refractivity contribution in [2.75, 3.05) is 13.2 Å². The van der Waals surface area contributed by atoms with Crippen LogP contribution in [-0.4, -0.2) is 24.2 Å². The van der Waals surface area contributed by atoms with Crippen molar-refractivity contribution < 1.29 is 4.74 Å². The number of hydrogen-bond donors (Lipinski definition) is 1. The van der Waals surface area contributed by atoms with Crippen molar-refractivity contribution in [2.45, 2.75) is 32.4 Å². The average molecular weight is 270 g/mol. The van der Waals surface area contributed by atoms with Crippen LogP contribution >= 0.6 is 0 Å². The Hall–Kier alpha value is -1.45. The molecule has 3 atom stereocenters. The fraction of sp³-hybridized carbons (Fsp3) is 0.471. The van der Waals surface area contributed by atoms with Gasteiger partial charge in [0.2, 0.25) is 0 Å². The summed E-state index contributed by atoms with van der Waals surface area (Å²) in [5.74, 6) is 0.588. The number of para-hydroxylation sites is 1. The summed E-state index contributed by atoms with van der Waals surface area (Å²) >= 11 is 0. The zero-order valence-electron chi connectivity index (χ0n) is 12.2. The molecule has 1 fully saturated rings. The van der Waals surface area contributed by atoms with Gasteiger partial charge in [-0.05, 0) is 36.6 Å². The first-order chi connectivity index (χ1) is 9.79. The topological polar surface area (TPSA) is 34.2 Å². The van der Waals surface area contributed by atoms with E-state index in [2.05, 4.69) is 48.4 Å². The van der Waals surface area contributed by atoms with E-state index >= 15 is 0 Å². The second kappa shape index (κ2) is 5.90. The number of fused-ring (bicyclic) bond motifs is 1. The quantitative estimate of drug-likeness (QED) is 0.925. The number of pyridine rings is 1. The highest BCUT2D eigenvalue weighted by Gasteiger charge is 2.32. The Morgan fingerprint density at radius 1 is 1.40 bits per heavy atom. The van der Waals surface area contributed by atoms with E-state index in [-0.39, 0.29) is 12.1 Å². The molecular formula is C17H22N2O. The molecule has 1 aromatic carbocycles. The molecule has 3 heteroatoms. The summed E-state index contributed by atoms with van der Waals surface area (Å²) in [5, 5.41) is 4.76. The molecule has 3 unspecified atom stereocenters. The fourth-order valence-corrected chi connectivity index (χ4v) is 3.05. The molecule has 20 heavy (non-hydrogen) atoms. The molecular weight excluding hydrogens is 248 g/mol. The zero-order valence-corrected chi connectivity index (χ0v) is 12.2. The Morgan fingerprint density at radius 2 is 2.25 bits per heavy atom. The van der Waals surface area contributed by atoms with Crippen LogP contribution in [0.1, 0.15) is 31.9 Å². The molecule has 0 radical (unpaired) electrons. The van der Waals surface area contributed by atoms with Crippen molar-refractivity contribution in [3.05, 3.63) is 42.1 Å². The molecule has 0 saturated carbocycles. The van der Waals surface area contributed by atoms with E-state index < -0.39 is 0 Å². The van der Waals surface area contributed by atoms with Crippen LogP contribution < -0.4 is 5.32 Å². The van der Waals surface area contributed by atoms with E-state index in [0.717, 1.165) is 25.1 Å². The predicted molar refractivity (Wildman–Crippen MR) is 81.7 cm³/mol. The minimum atomic E-state index is 0.231. The maximum atomic E-state index is 5.96. The number of benzene rings is 1. The average Bonchev–Trinajstić information content (AvgIpc) is 2.90. The van der Waals surface area contributed by atoms with Gasteiger partial charge in [0, 0.05) is 18.2 Å². The van der Waals surface area contributed by atoms with Crippen LogP contribution in [0.25, 0.3) is 10.9 Å². The van der Waals surface area contributed by atoms with Gasteiger partial charge in [0.15, 0.2) is 0 Å². The van der Waals surface area contributed by atoms with Gasteiger partial charge in [0.05, 0.1) is 17.7 Å². The molecule has 1 saturated heterocycles. The molecule has 1 N–H and O–H groups in total. The standard InChI is InChI=1S/C17H22N2O/c1-3-18-16(17-12(2)8-9-20-17)14-10-13-6-4-5-7-15(13)19-11-14/h4-7,10-12,16-18H,3,8-9H2,1-2H3. The maximum absolute atomic E-state index is 5.96. The van der Waals surface area contributed by atoms with Crippen LogP contribution in [0.3, 0.4) is 0 Å². The number of nitrogens with zero attached hydrogens (tertiary/aromatic N) is 1. The van der Waals surface area contributed by atoms with Crippen molar-refractivity contribution >= 4 is 10.9 Å². The Labute approximate surface area is 120 Å². The van der Waals surface area contributed by atoms with E-state index in [1.807, 2.05) is 12.3 Å². The minimum Gasteiger partial charge on any atom is -0.376 e. The number of likely N-dealkylation sites (N-methyl/N-ethyl adjacent to an activating group) is 1. The Kier molecular flexibility index (Phi) is 3.99. The lowest BCUT2D eigenvalue weighted by molar-refractivity contribution is 0.0611. The first kappa shape index (κ1) is 13.5. The van der Waals surface area contributed by atoms with E-state index in [9.17, 15) is 0 Å². The van der Waals surface area contributed by atoms with Gasteiger partial charge in [-0.1, -0.05) is 32.0 Å². The molecule has 1 aliphatic heterocycles. The molecule has 1 aliphatic rings. The highest BCUT2D eigenvalue weighted by molar-refractivity contribution is 5.78. The number of aromatic nitrogens is 1. The van der Waals surface area contributed by atoms with Crippen LogP contribution in [0.15, 0.2) is 36.5 Å². The summed E-state index contributed by atoms with van der Waals surface area (Å²) in [6.45, 7) is 6.22. The van der Waals surface area contributed by atoms with Gasteiger partial charge in [-0.15, -0.1) is 0 Å². The van der Waals surface area contributed by atoms with Gasteiger partial charge in [-0.3, -0.25) is 4.98 Å². The highest BCUT2D eigenvalue weighted by Crippen LogP contribution is 2.32. The largest absolute Gasteiger partial charge is 0.376 e. The molecule has 2 heterocycles. The summed E-state index contributed by atoms with van der Waals surface area (Å²) in [6.07, 6.45) is 3.38. The van der Waals surface area contributed by atoms with Crippen molar-refractivity contribution in [3.8, 4) is 0 Å². The van der Waals surface area contributed by atoms with E-state index in [1.54, 1.807) is 0 Å². The number of hydrogen-bond acceptors (Lipinski definition) is 3. The lowest BCUT2D eigenvalue weighted by atomic mass is 9.92. The molecule has 0 amide bonds. The second-order valence-corrected chi connectivity index (χ2v) is 5.60. The van der Waals surface area contributed by atoms with Crippen LogP contribution in [0.4, 0.5) is 0 Å². The van der Waals surface area contributed by atoms with Crippen LogP contribution in [-0.2, 0) is 4.74 Å². The summed E-state index contributed by atoms with van der Waals surface area (Å²) in [7, 11) is 0. The van der Waals surface area contributed by atoms with Crippen molar-refractivity contribution in [3.63, 3.8) is 0 Å². The summed E-state index contributed by atoms with van der Waals surface area (Å²) in [4.78, 5) is 4.59. The minimum absolute atomic E-state index is 0.231. The number of nitrogens with one attached hydrogen (secondary N) is 1. The normalized spacial score (nSPS) is 24.1. The molecule has 1 aromatic heterocycles. The molecule has 106 valence electrons. The van der Waals surface area contributed by atoms with Gasteiger partial charge in [0.1, 0.15) is 0 Å². The molecule has 0 bridgehead atoms. The van der Waals surface area contributed by atoms with Gasteiger partial charge in [-0.25, -0.2) is 0 Å². The van der Waals surface area contributed by atoms with E-state index in [0.29, 0.717) is 5.92 Å². The highest BCUT2D eigenvalue weighted by atomic mass is 16.5. The zero-order chi connectivity index (χ0) is 13.9. The molecule has 0 spiro atoms. The van der Waals surface area contributed by atoms with Crippen molar-refractivity contribution in [2.24, 2.45) is 5.92 Å². The lowest BCUT2D eigenvalue weighted by Crippen LogP contribution is -2.34. The first-order valence-electron chi connectivity index (χ1n) is 7.49. The smallest absolute Gasteiger partial charge is 0.0796 e. The van der Waals surface area contributed by atoms with Gasteiger partial charge in [0.25, 0.3) is 0 Å². The Bertz CT molecular complexity index is 584. The van der Waals surface area contributed by atoms with Gasteiger partial charge >= 0.3 is 0 Å².